The summed E-state index contributed by atoms with van der Waals surface area (Å²) in [4.78, 5) is 10.6. The Balaban J connectivity index is 0.000000196. The minimum absolute atomic E-state index is 0.614. The molecule has 0 aromatic heterocycles. The third-order valence-corrected chi connectivity index (χ3v) is 3.53. The van der Waals surface area contributed by atoms with E-state index in [1.54, 1.807) is 18.2 Å². The lowest BCUT2D eigenvalue weighted by atomic mass is 10.2. The van der Waals surface area contributed by atoms with Gasteiger partial charge in [-0.1, -0.05) is 54.1 Å². The molecule has 3 nitrogen and oxygen atoms in total. The van der Waals surface area contributed by atoms with Crippen molar-refractivity contribution in [2.24, 2.45) is 5.73 Å². The summed E-state index contributed by atoms with van der Waals surface area (Å²) in [7, 11) is 0. The van der Waals surface area contributed by atoms with Gasteiger partial charge in [-0.25, -0.2) is 0 Å². The number of nitrogens with two attached hydrogens (primary N) is 1. The average molecular weight is 354 g/mol. The van der Waals surface area contributed by atoms with Crippen molar-refractivity contribution in [2.75, 3.05) is 6.54 Å². The third-order valence-electron chi connectivity index (χ3n) is 3.30. The number of hydrogen-bond acceptors (Lipinski definition) is 3. The molecule has 25 heavy (non-hydrogen) atoms. The standard InChI is InChI=1S/C13H10O2.C8H10ClN/c14-10-11-5-4-8-13(9-11)15-12-6-2-1-3-7-12;9-8-3-1-2-7(6-8)4-5-10/h1-10H;1-3,6H,4-5,10H2. The van der Waals surface area contributed by atoms with E-state index in [0.29, 0.717) is 17.9 Å². The van der Waals surface area contributed by atoms with E-state index in [2.05, 4.69) is 0 Å². The molecule has 4 heteroatoms. The number of carbonyl (C=O) groups excluding carboxylic acids is 1. The first-order chi connectivity index (χ1) is 12.2. The molecule has 2 N–H and O–H groups in total. The molecule has 0 radical (unpaired) electrons. The van der Waals surface area contributed by atoms with Crippen LogP contribution in [0.3, 0.4) is 0 Å². The Morgan fingerprint density at radius 2 is 1.60 bits per heavy atom. The fourth-order valence-corrected chi connectivity index (χ4v) is 2.35. The first-order valence-corrected chi connectivity index (χ1v) is 8.31. The Labute approximate surface area is 153 Å². The van der Waals surface area contributed by atoms with Gasteiger partial charge in [-0.3, -0.25) is 4.79 Å². The molecule has 0 bridgehead atoms. The Kier molecular flexibility index (Phi) is 7.70. The van der Waals surface area contributed by atoms with Crippen LogP contribution in [-0.4, -0.2) is 12.8 Å². The number of aldehydes is 1. The van der Waals surface area contributed by atoms with Gasteiger partial charge in [-0.15, -0.1) is 0 Å². The molecular weight excluding hydrogens is 334 g/mol. The highest BCUT2D eigenvalue weighted by Gasteiger charge is 1.97. The molecule has 128 valence electrons. The van der Waals surface area contributed by atoms with Gasteiger partial charge in [0, 0.05) is 10.6 Å². The Morgan fingerprint density at radius 1 is 0.880 bits per heavy atom. The Hall–Kier alpha value is -2.62. The minimum atomic E-state index is 0.614. The zero-order valence-corrected chi connectivity index (χ0v) is 14.5. The van der Waals surface area contributed by atoms with Gasteiger partial charge in [0.2, 0.25) is 0 Å². The zero-order chi connectivity index (χ0) is 17.9. The smallest absolute Gasteiger partial charge is 0.150 e. The lowest BCUT2D eigenvalue weighted by molar-refractivity contribution is 0.112. The van der Waals surface area contributed by atoms with Gasteiger partial charge in [0.05, 0.1) is 0 Å². The molecule has 0 heterocycles. The number of para-hydroxylation sites is 1. The van der Waals surface area contributed by atoms with E-state index in [-0.39, 0.29) is 0 Å². The molecule has 0 saturated carbocycles. The van der Waals surface area contributed by atoms with Crippen molar-refractivity contribution in [1.29, 1.82) is 0 Å². The predicted octanol–water partition coefficient (Wildman–Crippen LogP) is 5.13. The molecule has 0 fully saturated rings. The van der Waals surface area contributed by atoms with E-state index in [1.165, 1.54) is 5.56 Å². The summed E-state index contributed by atoms with van der Waals surface area (Å²) >= 11 is 5.74. The van der Waals surface area contributed by atoms with Crippen LogP contribution in [0, 0.1) is 0 Å². The minimum Gasteiger partial charge on any atom is -0.457 e. The molecule has 0 aliphatic rings. The van der Waals surface area contributed by atoms with Gasteiger partial charge in [-0.2, -0.15) is 0 Å². The van der Waals surface area contributed by atoms with Crippen LogP contribution >= 0.6 is 11.6 Å². The van der Waals surface area contributed by atoms with Crippen LogP contribution in [0.2, 0.25) is 5.02 Å². The van der Waals surface area contributed by atoms with Crippen LogP contribution in [-0.2, 0) is 6.42 Å². The van der Waals surface area contributed by atoms with E-state index in [0.717, 1.165) is 23.5 Å². The van der Waals surface area contributed by atoms with Crippen LogP contribution in [0.4, 0.5) is 0 Å². The average Bonchev–Trinajstić information content (AvgIpc) is 2.64. The van der Waals surface area contributed by atoms with E-state index in [9.17, 15) is 4.79 Å². The zero-order valence-electron chi connectivity index (χ0n) is 13.8. The quantitative estimate of drug-likeness (QED) is 0.647. The Morgan fingerprint density at radius 3 is 2.28 bits per heavy atom. The Bertz CT molecular complexity index is 791. The summed E-state index contributed by atoms with van der Waals surface area (Å²) in [6, 6.07) is 24.3. The molecule has 3 aromatic rings. The number of ether oxygens (including phenoxy) is 1. The molecule has 0 aliphatic carbocycles. The summed E-state index contributed by atoms with van der Waals surface area (Å²) in [5.74, 6) is 1.44. The molecule has 3 rings (SSSR count). The molecule has 0 amide bonds. The van der Waals surface area contributed by atoms with Gasteiger partial charge in [0.25, 0.3) is 0 Å². The topological polar surface area (TPSA) is 52.3 Å². The third kappa shape index (κ3) is 6.79. The summed E-state index contributed by atoms with van der Waals surface area (Å²) in [5.41, 5.74) is 7.19. The van der Waals surface area contributed by atoms with Crippen molar-refractivity contribution in [2.45, 2.75) is 6.42 Å². The van der Waals surface area contributed by atoms with E-state index < -0.39 is 0 Å². The largest absolute Gasteiger partial charge is 0.457 e. The maximum atomic E-state index is 10.6. The van der Waals surface area contributed by atoms with E-state index in [4.69, 9.17) is 22.1 Å². The summed E-state index contributed by atoms with van der Waals surface area (Å²) < 4.78 is 5.56. The first kappa shape index (κ1) is 18.7. The maximum absolute atomic E-state index is 10.6. The van der Waals surface area contributed by atoms with Crippen LogP contribution in [0.5, 0.6) is 11.5 Å². The predicted molar refractivity (Wildman–Crippen MR) is 103 cm³/mol. The van der Waals surface area contributed by atoms with Crippen molar-refractivity contribution in [3.8, 4) is 11.5 Å². The summed E-state index contributed by atoms with van der Waals surface area (Å²) in [5, 5.41) is 0.783. The van der Waals surface area contributed by atoms with Gasteiger partial charge >= 0.3 is 0 Å². The maximum Gasteiger partial charge on any atom is 0.150 e. The molecule has 0 unspecified atom stereocenters. The van der Waals surface area contributed by atoms with Gasteiger partial charge in [-0.05, 0) is 54.9 Å². The van der Waals surface area contributed by atoms with Crippen LogP contribution in [0.25, 0.3) is 0 Å². The number of carbonyl (C=O) groups is 1. The number of rotatable bonds is 5. The second-order valence-electron chi connectivity index (χ2n) is 5.27. The normalized spacial score (nSPS) is 9.68. The van der Waals surface area contributed by atoms with Crippen LogP contribution < -0.4 is 10.5 Å². The molecule has 0 aliphatic heterocycles. The van der Waals surface area contributed by atoms with Crippen LogP contribution in [0.15, 0.2) is 78.9 Å². The summed E-state index contributed by atoms with van der Waals surface area (Å²) in [6.07, 6.45) is 1.71. The van der Waals surface area contributed by atoms with E-state index >= 15 is 0 Å². The number of halogens is 1. The van der Waals surface area contributed by atoms with Gasteiger partial charge < -0.3 is 10.5 Å². The van der Waals surface area contributed by atoms with Crippen molar-refractivity contribution in [3.05, 3.63) is 95.0 Å². The van der Waals surface area contributed by atoms with Crippen molar-refractivity contribution in [3.63, 3.8) is 0 Å². The molecule has 3 aromatic carbocycles. The highest BCUT2D eigenvalue weighted by molar-refractivity contribution is 6.30. The van der Waals surface area contributed by atoms with Gasteiger partial charge in [0.1, 0.15) is 17.8 Å². The fourth-order valence-electron chi connectivity index (χ4n) is 2.14. The SMILES string of the molecule is NCCc1cccc(Cl)c1.O=Cc1cccc(Oc2ccccc2)c1. The first-order valence-electron chi connectivity index (χ1n) is 7.94. The van der Waals surface area contributed by atoms with Crippen molar-refractivity contribution in [1.82, 2.24) is 0 Å². The van der Waals surface area contributed by atoms with Crippen LogP contribution in [0.1, 0.15) is 15.9 Å². The molecule has 0 spiro atoms. The lowest BCUT2D eigenvalue weighted by Gasteiger charge is -2.04. The number of hydrogen-bond donors (Lipinski definition) is 1. The lowest BCUT2D eigenvalue weighted by Crippen LogP contribution is -2.02. The second-order valence-corrected chi connectivity index (χ2v) is 5.71. The second kappa shape index (κ2) is 10.3. The molecular formula is C21H20ClNO2. The monoisotopic (exact) mass is 353 g/mol. The van der Waals surface area contributed by atoms with Gasteiger partial charge in [0.15, 0.2) is 0 Å². The molecule has 0 saturated heterocycles. The number of benzene rings is 3. The highest BCUT2D eigenvalue weighted by Crippen LogP contribution is 2.21. The molecule has 0 atom stereocenters. The summed E-state index contributed by atoms with van der Waals surface area (Å²) in [6.45, 7) is 0.681. The van der Waals surface area contributed by atoms with E-state index in [1.807, 2.05) is 60.7 Å². The highest BCUT2D eigenvalue weighted by atomic mass is 35.5. The fraction of sp³-hybridized carbons (Fsp3) is 0.0952. The van der Waals surface area contributed by atoms with Crippen molar-refractivity contribution >= 4 is 17.9 Å². The van der Waals surface area contributed by atoms with Crippen molar-refractivity contribution < 1.29 is 9.53 Å².